The monoisotopic (exact) mass is 446 g/mol. The van der Waals surface area contributed by atoms with Crippen molar-refractivity contribution in [2.45, 2.75) is 87.5 Å². The molecule has 0 atom stereocenters. The Labute approximate surface area is 194 Å². The molecule has 4 amide bonds. The highest BCUT2D eigenvalue weighted by molar-refractivity contribution is 6.06. The third-order valence-electron chi connectivity index (χ3n) is 4.41. The molecule has 0 aromatic heterocycles. The summed E-state index contributed by atoms with van der Waals surface area (Å²) >= 11 is 0. The summed E-state index contributed by atoms with van der Waals surface area (Å²) in [7, 11) is 1.36. The van der Waals surface area contributed by atoms with Gasteiger partial charge in [-0.1, -0.05) is 60.1 Å². The van der Waals surface area contributed by atoms with Gasteiger partial charge in [-0.2, -0.15) is 0 Å². The quantitative estimate of drug-likeness (QED) is 0.515. The molecule has 1 aromatic carbocycles. The van der Waals surface area contributed by atoms with Crippen molar-refractivity contribution in [2.75, 3.05) is 7.05 Å². The minimum Gasteiger partial charge on any atom is -0.284 e. The smallest absolute Gasteiger partial charge is 0.264 e. The van der Waals surface area contributed by atoms with E-state index in [1.54, 1.807) is 19.9 Å². The van der Waals surface area contributed by atoms with E-state index in [0.717, 1.165) is 29.1 Å². The topological polar surface area (TPSA) is 74.8 Å². The van der Waals surface area contributed by atoms with Crippen molar-refractivity contribution in [1.29, 1.82) is 0 Å². The molecule has 0 radical (unpaired) electrons. The second kappa shape index (κ2) is 17.9. The molecule has 0 aliphatic heterocycles. The Balaban J connectivity index is 0. The van der Waals surface area contributed by atoms with E-state index in [1.165, 1.54) is 19.5 Å². The summed E-state index contributed by atoms with van der Waals surface area (Å²) in [6.07, 6.45) is 7.61. The normalized spacial score (nSPS) is 11.6. The van der Waals surface area contributed by atoms with Gasteiger partial charge in [0, 0.05) is 23.9 Å². The van der Waals surface area contributed by atoms with Crippen LogP contribution in [-0.4, -0.2) is 41.5 Å². The molecule has 6 nitrogen and oxygen atoms in total. The minimum atomic E-state index is -0.490. The Bertz CT molecular complexity index is 769. The molecule has 1 aliphatic rings. The SMILES string of the molecule is CC.CC.CCC.Cc1cc(C)c(C(=O)N(C=O)C2=CCCCC2)cc1C(=O)N(C)C=O. The van der Waals surface area contributed by atoms with E-state index in [4.69, 9.17) is 0 Å². The molecule has 0 fully saturated rings. The first-order valence-corrected chi connectivity index (χ1v) is 11.6. The first-order chi connectivity index (χ1) is 15.3. The van der Waals surface area contributed by atoms with Gasteiger partial charge < -0.3 is 0 Å². The molecule has 0 N–H and O–H groups in total. The molecule has 0 heterocycles. The van der Waals surface area contributed by atoms with Crippen LogP contribution in [0.2, 0.25) is 0 Å². The number of carbonyl (C=O) groups is 4. The zero-order valence-corrected chi connectivity index (χ0v) is 21.4. The van der Waals surface area contributed by atoms with Crippen molar-refractivity contribution in [3.05, 3.63) is 46.2 Å². The van der Waals surface area contributed by atoms with E-state index in [0.29, 0.717) is 36.1 Å². The first-order valence-electron chi connectivity index (χ1n) is 11.6. The maximum Gasteiger partial charge on any atom is 0.264 e. The van der Waals surface area contributed by atoms with Gasteiger partial charge in [0.2, 0.25) is 12.8 Å². The predicted octanol–water partition coefficient (Wildman–Crippen LogP) is 6.06. The predicted molar refractivity (Wildman–Crippen MR) is 132 cm³/mol. The lowest BCUT2D eigenvalue weighted by atomic mass is 9.97. The number of imide groups is 2. The molecular formula is C26H42N2O4. The van der Waals surface area contributed by atoms with Crippen LogP contribution in [0, 0.1) is 13.8 Å². The van der Waals surface area contributed by atoms with Crippen LogP contribution in [-0.2, 0) is 9.59 Å². The average Bonchev–Trinajstić information content (AvgIpc) is 2.82. The molecular weight excluding hydrogens is 404 g/mol. The number of carbonyl (C=O) groups excluding carboxylic acids is 4. The minimum absolute atomic E-state index is 0.270. The third-order valence-corrected chi connectivity index (χ3v) is 4.41. The van der Waals surface area contributed by atoms with Crippen LogP contribution >= 0.6 is 0 Å². The second-order valence-electron chi connectivity index (χ2n) is 6.93. The summed E-state index contributed by atoms with van der Waals surface area (Å²) in [5.41, 5.74) is 2.60. The molecule has 0 saturated heterocycles. The Morgan fingerprint density at radius 1 is 0.875 bits per heavy atom. The van der Waals surface area contributed by atoms with E-state index >= 15 is 0 Å². The fourth-order valence-electron chi connectivity index (χ4n) is 2.97. The van der Waals surface area contributed by atoms with Gasteiger partial charge in [-0.25, -0.2) is 0 Å². The van der Waals surface area contributed by atoms with E-state index in [1.807, 2.05) is 33.8 Å². The summed E-state index contributed by atoms with van der Waals surface area (Å²) in [4.78, 5) is 49.6. The van der Waals surface area contributed by atoms with Crippen LogP contribution < -0.4 is 0 Å². The Morgan fingerprint density at radius 3 is 1.78 bits per heavy atom. The van der Waals surface area contributed by atoms with Crippen molar-refractivity contribution < 1.29 is 19.2 Å². The van der Waals surface area contributed by atoms with E-state index in [2.05, 4.69) is 13.8 Å². The number of rotatable bonds is 5. The van der Waals surface area contributed by atoms with Crippen LogP contribution in [0.4, 0.5) is 0 Å². The highest BCUT2D eigenvalue weighted by Crippen LogP contribution is 2.24. The summed E-state index contributed by atoms with van der Waals surface area (Å²) in [5, 5.41) is 0. The van der Waals surface area contributed by atoms with Gasteiger partial charge in [-0.3, -0.25) is 29.0 Å². The molecule has 180 valence electrons. The summed E-state index contributed by atoms with van der Waals surface area (Å²) in [6, 6.07) is 3.19. The molecule has 32 heavy (non-hydrogen) atoms. The molecule has 0 bridgehead atoms. The van der Waals surface area contributed by atoms with Gasteiger partial charge in [0.25, 0.3) is 11.8 Å². The van der Waals surface area contributed by atoms with E-state index in [9.17, 15) is 19.2 Å². The average molecular weight is 447 g/mol. The second-order valence-corrected chi connectivity index (χ2v) is 6.93. The number of hydrogen-bond donors (Lipinski definition) is 0. The standard InChI is InChI=1S/C19H22N2O4.C3H8.2C2H6/c1-13-9-14(2)17(10-16(13)18(24)20(3)11-22)19(25)21(12-23)15-7-5-4-6-8-15;1-3-2;2*1-2/h7,9-12H,4-6,8H2,1-3H3;3H2,1-2H3;2*1-2H3. The summed E-state index contributed by atoms with van der Waals surface area (Å²) < 4.78 is 0. The summed E-state index contributed by atoms with van der Waals surface area (Å²) in [5.74, 6) is -0.945. The van der Waals surface area contributed by atoms with E-state index < -0.39 is 11.8 Å². The lowest BCUT2D eigenvalue weighted by Gasteiger charge is -2.23. The number of benzene rings is 1. The maximum absolute atomic E-state index is 12.9. The molecule has 0 unspecified atom stereocenters. The first kappa shape index (κ1) is 31.4. The number of hydrogen-bond acceptors (Lipinski definition) is 4. The highest BCUT2D eigenvalue weighted by atomic mass is 16.2. The molecule has 2 rings (SSSR count). The maximum atomic E-state index is 12.9. The van der Waals surface area contributed by atoms with Crippen LogP contribution in [0.25, 0.3) is 0 Å². The lowest BCUT2D eigenvalue weighted by molar-refractivity contribution is -0.115. The number of allylic oxidation sites excluding steroid dienone is 2. The van der Waals surface area contributed by atoms with Crippen LogP contribution in [0.3, 0.4) is 0 Å². The van der Waals surface area contributed by atoms with Crippen molar-refractivity contribution in [3.8, 4) is 0 Å². The molecule has 1 aromatic rings. The van der Waals surface area contributed by atoms with Crippen molar-refractivity contribution in [2.24, 2.45) is 0 Å². The zero-order chi connectivity index (χ0) is 25.3. The molecule has 1 aliphatic carbocycles. The zero-order valence-electron chi connectivity index (χ0n) is 21.4. The Kier molecular flexibility index (Phi) is 17.6. The van der Waals surface area contributed by atoms with Crippen LogP contribution in [0.15, 0.2) is 23.9 Å². The van der Waals surface area contributed by atoms with Gasteiger partial charge in [-0.05, 0) is 56.7 Å². The number of amides is 4. The van der Waals surface area contributed by atoms with E-state index in [-0.39, 0.29) is 11.1 Å². The van der Waals surface area contributed by atoms with Crippen LogP contribution in [0.1, 0.15) is 105 Å². The number of nitrogens with zero attached hydrogens (tertiary/aromatic N) is 2. The Morgan fingerprint density at radius 2 is 1.38 bits per heavy atom. The van der Waals surface area contributed by atoms with Gasteiger partial charge >= 0.3 is 0 Å². The third kappa shape index (κ3) is 9.16. The van der Waals surface area contributed by atoms with Crippen LogP contribution in [0.5, 0.6) is 0 Å². The summed E-state index contributed by atoms with van der Waals surface area (Å²) in [6.45, 7) is 15.8. The molecule has 0 spiro atoms. The Hall–Kier alpha value is -2.76. The van der Waals surface area contributed by atoms with Gasteiger partial charge in [0.1, 0.15) is 0 Å². The molecule has 0 saturated carbocycles. The van der Waals surface area contributed by atoms with Gasteiger partial charge in [-0.15, -0.1) is 0 Å². The van der Waals surface area contributed by atoms with Crippen molar-refractivity contribution in [1.82, 2.24) is 9.80 Å². The van der Waals surface area contributed by atoms with Gasteiger partial charge in [0.05, 0.1) is 0 Å². The van der Waals surface area contributed by atoms with Crippen molar-refractivity contribution >= 4 is 24.6 Å². The fraction of sp³-hybridized carbons (Fsp3) is 0.538. The highest BCUT2D eigenvalue weighted by Gasteiger charge is 2.24. The lowest BCUT2D eigenvalue weighted by Crippen LogP contribution is -2.31. The van der Waals surface area contributed by atoms with Gasteiger partial charge in [0.15, 0.2) is 0 Å². The van der Waals surface area contributed by atoms with Crippen molar-refractivity contribution in [3.63, 3.8) is 0 Å². The fourth-order valence-corrected chi connectivity index (χ4v) is 2.97. The molecule has 6 heteroatoms. The largest absolute Gasteiger partial charge is 0.284 e. The number of aryl methyl sites for hydroxylation is 2.